The van der Waals surface area contributed by atoms with E-state index >= 15 is 0 Å². The summed E-state index contributed by atoms with van der Waals surface area (Å²) >= 11 is 6.07. The van der Waals surface area contributed by atoms with Crippen LogP contribution < -0.4 is 14.8 Å². The Hall–Kier alpha value is -4.37. The number of halogens is 1. The number of nitrogens with zero attached hydrogens (tertiary/aromatic N) is 3. The summed E-state index contributed by atoms with van der Waals surface area (Å²) in [5.74, 6) is 0.686. The van der Waals surface area contributed by atoms with Crippen LogP contribution >= 0.6 is 11.6 Å². The average Bonchev–Trinajstić information content (AvgIpc) is 3.28. The number of rotatable bonds is 8. The van der Waals surface area contributed by atoms with E-state index in [1.807, 2.05) is 19.1 Å². The second kappa shape index (κ2) is 10.1. The molecule has 1 aromatic heterocycles. The van der Waals surface area contributed by atoms with Gasteiger partial charge in [0.1, 0.15) is 17.2 Å². The Morgan fingerprint density at radius 3 is 2.68 bits per heavy atom. The summed E-state index contributed by atoms with van der Waals surface area (Å²) in [6.07, 6.45) is 1.57. The molecule has 4 rings (SSSR count). The van der Waals surface area contributed by atoms with Gasteiger partial charge in [0.2, 0.25) is 0 Å². The van der Waals surface area contributed by atoms with Crippen LogP contribution in [0.15, 0.2) is 79.0 Å². The molecule has 1 N–H and O–H groups in total. The molecule has 0 spiro atoms. The van der Waals surface area contributed by atoms with Crippen LogP contribution in [0, 0.1) is 17.0 Å². The Morgan fingerprint density at radius 1 is 1.09 bits per heavy atom. The number of carbonyl (C=O) groups is 1. The van der Waals surface area contributed by atoms with Gasteiger partial charge in [0.25, 0.3) is 11.6 Å². The molecule has 4 aromatic rings. The first kappa shape index (κ1) is 22.8. The van der Waals surface area contributed by atoms with Crippen molar-refractivity contribution in [3.63, 3.8) is 0 Å². The number of amides is 1. The molecule has 172 valence electrons. The number of ether oxygens (including phenoxy) is 2. The summed E-state index contributed by atoms with van der Waals surface area (Å²) in [4.78, 5) is 23.5. The van der Waals surface area contributed by atoms with Crippen molar-refractivity contribution in [2.75, 3.05) is 5.32 Å². The summed E-state index contributed by atoms with van der Waals surface area (Å²) < 4.78 is 12.8. The number of nitro groups is 1. The molecule has 1 heterocycles. The maximum Gasteiger partial charge on any atom is 0.276 e. The highest BCUT2D eigenvalue weighted by Crippen LogP contribution is 2.30. The number of para-hydroxylation sites is 1. The maximum atomic E-state index is 12.7. The van der Waals surface area contributed by atoms with Gasteiger partial charge in [-0.15, -0.1) is 0 Å². The van der Waals surface area contributed by atoms with Crippen molar-refractivity contribution in [2.45, 2.75) is 13.7 Å². The smallest absolute Gasteiger partial charge is 0.276 e. The van der Waals surface area contributed by atoms with Crippen LogP contribution in [0.4, 0.5) is 11.4 Å². The molecule has 10 heteroatoms. The molecule has 1 amide bonds. The summed E-state index contributed by atoms with van der Waals surface area (Å²) in [6, 6.07) is 19.8. The zero-order valence-corrected chi connectivity index (χ0v) is 18.7. The van der Waals surface area contributed by atoms with Crippen LogP contribution in [-0.4, -0.2) is 20.6 Å². The van der Waals surface area contributed by atoms with E-state index in [4.69, 9.17) is 21.1 Å². The molecular weight excluding hydrogens is 460 g/mol. The predicted octanol–water partition coefficient (Wildman–Crippen LogP) is 5.83. The highest BCUT2D eigenvalue weighted by atomic mass is 35.5. The first-order chi connectivity index (χ1) is 16.4. The number of carbonyl (C=O) groups excluding carboxylic acids is 1. The van der Waals surface area contributed by atoms with Gasteiger partial charge in [-0.25, -0.2) is 4.68 Å². The van der Waals surface area contributed by atoms with Gasteiger partial charge in [-0.1, -0.05) is 35.9 Å². The Balaban J connectivity index is 1.47. The van der Waals surface area contributed by atoms with Gasteiger partial charge in [0.15, 0.2) is 12.4 Å². The number of hydrogen-bond acceptors (Lipinski definition) is 6. The second-order valence-corrected chi connectivity index (χ2v) is 7.70. The van der Waals surface area contributed by atoms with Crippen LogP contribution in [0.5, 0.6) is 17.2 Å². The van der Waals surface area contributed by atoms with Gasteiger partial charge in [-0.2, -0.15) is 5.10 Å². The van der Waals surface area contributed by atoms with E-state index in [2.05, 4.69) is 10.4 Å². The van der Waals surface area contributed by atoms with Crippen LogP contribution in [0.1, 0.15) is 16.1 Å². The number of nitro benzene ring substituents is 1. The molecule has 0 saturated heterocycles. The van der Waals surface area contributed by atoms with Crippen molar-refractivity contribution in [1.29, 1.82) is 0 Å². The van der Waals surface area contributed by atoms with Crippen molar-refractivity contribution in [2.24, 2.45) is 0 Å². The molecule has 0 bridgehead atoms. The van der Waals surface area contributed by atoms with E-state index in [9.17, 15) is 14.9 Å². The molecule has 0 aliphatic carbocycles. The van der Waals surface area contributed by atoms with Crippen molar-refractivity contribution >= 4 is 28.9 Å². The topological polar surface area (TPSA) is 109 Å². The second-order valence-electron chi connectivity index (χ2n) is 7.29. The molecule has 0 radical (unpaired) electrons. The third kappa shape index (κ3) is 5.70. The van der Waals surface area contributed by atoms with E-state index in [-0.39, 0.29) is 29.5 Å². The molecule has 3 aromatic carbocycles. The third-order valence-electron chi connectivity index (χ3n) is 4.65. The molecule has 0 fully saturated rings. The quantitative estimate of drug-likeness (QED) is 0.252. The molecule has 0 saturated carbocycles. The third-order valence-corrected chi connectivity index (χ3v) is 4.96. The minimum Gasteiger partial charge on any atom is -0.470 e. The molecule has 0 aliphatic heterocycles. The van der Waals surface area contributed by atoms with E-state index in [1.54, 1.807) is 42.6 Å². The number of hydrogen-bond donors (Lipinski definition) is 1. The van der Waals surface area contributed by atoms with Gasteiger partial charge in [-0.05, 0) is 42.8 Å². The molecule has 0 atom stereocenters. The Kier molecular flexibility index (Phi) is 6.74. The summed E-state index contributed by atoms with van der Waals surface area (Å²) in [5, 5.41) is 18.6. The van der Waals surface area contributed by atoms with Crippen molar-refractivity contribution in [3.8, 4) is 17.2 Å². The molecule has 0 aliphatic rings. The number of aryl methyl sites for hydroxylation is 1. The van der Waals surface area contributed by atoms with Gasteiger partial charge in [0.05, 0.1) is 21.7 Å². The van der Waals surface area contributed by atoms with E-state index < -0.39 is 10.8 Å². The lowest BCUT2D eigenvalue weighted by molar-refractivity contribution is -0.384. The van der Waals surface area contributed by atoms with Gasteiger partial charge < -0.3 is 14.8 Å². The molecule has 34 heavy (non-hydrogen) atoms. The fourth-order valence-corrected chi connectivity index (χ4v) is 3.27. The van der Waals surface area contributed by atoms with E-state index in [0.29, 0.717) is 16.5 Å². The van der Waals surface area contributed by atoms with Crippen LogP contribution in [0.3, 0.4) is 0 Å². The van der Waals surface area contributed by atoms with Gasteiger partial charge in [0, 0.05) is 18.3 Å². The molecule has 0 unspecified atom stereocenters. The lowest BCUT2D eigenvalue weighted by atomic mass is 10.2. The summed E-state index contributed by atoms with van der Waals surface area (Å²) in [5.41, 5.74) is 1.06. The van der Waals surface area contributed by atoms with E-state index in [1.165, 1.54) is 28.9 Å². The highest BCUT2D eigenvalue weighted by Gasteiger charge is 2.16. The van der Waals surface area contributed by atoms with E-state index in [0.717, 1.165) is 5.56 Å². The first-order valence-electron chi connectivity index (χ1n) is 10.1. The standard InChI is InChI=1S/C24H19ClN4O5/c1-16-5-4-6-19(11-16)34-20-13-17(12-18(14-20)29(31)32)26-24(30)22-9-10-28(27-22)15-33-23-8-3-2-7-21(23)25/h2-14H,15H2,1H3,(H,26,30). The van der Waals surface area contributed by atoms with Crippen molar-refractivity contribution < 1.29 is 19.2 Å². The number of nitrogens with one attached hydrogen (secondary N) is 1. The fraction of sp³-hybridized carbons (Fsp3) is 0.0833. The molecule has 9 nitrogen and oxygen atoms in total. The summed E-state index contributed by atoms with van der Waals surface area (Å²) in [7, 11) is 0. The lowest BCUT2D eigenvalue weighted by Gasteiger charge is -2.09. The van der Waals surface area contributed by atoms with Crippen LogP contribution in [0.2, 0.25) is 5.02 Å². The number of anilines is 1. The van der Waals surface area contributed by atoms with Gasteiger partial charge >= 0.3 is 0 Å². The highest BCUT2D eigenvalue weighted by molar-refractivity contribution is 6.32. The van der Waals surface area contributed by atoms with Crippen molar-refractivity contribution in [1.82, 2.24) is 9.78 Å². The normalized spacial score (nSPS) is 10.5. The predicted molar refractivity (Wildman–Crippen MR) is 127 cm³/mol. The Bertz CT molecular complexity index is 1350. The Morgan fingerprint density at radius 2 is 1.91 bits per heavy atom. The number of aromatic nitrogens is 2. The van der Waals surface area contributed by atoms with Crippen molar-refractivity contribution in [3.05, 3.63) is 105 Å². The minimum atomic E-state index is -0.556. The average molecular weight is 479 g/mol. The van der Waals surface area contributed by atoms with Gasteiger partial charge in [-0.3, -0.25) is 14.9 Å². The fourth-order valence-electron chi connectivity index (χ4n) is 3.08. The monoisotopic (exact) mass is 478 g/mol. The largest absolute Gasteiger partial charge is 0.470 e. The molecular formula is C24H19ClN4O5. The minimum absolute atomic E-state index is 0.0440. The first-order valence-corrected chi connectivity index (χ1v) is 10.5. The zero-order valence-electron chi connectivity index (χ0n) is 18.0. The van der Waals surface area contributed by atoms with Crippen LogP contribution in [0.25, 0.3) is 0 Å². The zero-order chi connectivity index (χ0) is 24.1. The Labute approximate surface area is 199 Å². The number of non-ortho nitro benzene ring substituents is 1. The lowest BCUT2D eigenvalue weighted by Crippen LogP contribution is -2.14. The summed E-state index contributed by atoms with van der Waals surface area (Å²) in [6.45, 7) is 1.95. The maximum absolute atomic E-state index is 12.7. The SMILES string of the molecule is Cc1cccc(Oc2cc(NC(=O)c3ccn(COc4ccccc4Cl)n3)cc([N+](=O)[O-])c2)c1. The van der Waals surface area contributed by atoms with Crippen LogP contribution in [-0.2, 0) is 6.73 Å². The number of benzene rings is 3.